The number of carbonyl (C=O) groups is 2. The topological polar surface area (TPSA) is 97.1 Å². The maximum absolute atomic E-state index is 12.8. The SMILES string of the molecule is CC(=O)NC1(c2noc(CCC(=O)NC(c3ccc(C(C)(C)C)cc3)C(C)C)n2)CCCCCC1. The van der Waals surface area contributed by atoms with Crippen molar-refractivity contribution in [3.8, 4) is 0 Å². The molecule has 1 heterocycles. The van der Waals surface area contributed by atoms with E-state index in [0.717, 1.165) is 44.1 Å². The molecule has 0 bridgehead atoms. The Morgan fingerprint density at radius 1 is 1.06 bits per heavy atom. The molecule has 35 heavy (non-hydrogen) atoms. The van der Waals surface area contributed by atoms with Crippen LogP contribution < -0.4 is 10.6 Å². The largest absolute Gasteiger partial charge is 0.349 e. The zero-order chi connectivity index (χ0) is 25.6. The molecule has 1 aliphatic carbocycles. The molecule has 7 nitrogen and oxygen atoms in total. The number of benzene rings is 1. The summed E-state index contributed by atoms with van der Waals surface area (Å²) in [4.78, 5) is 29.4. The van der Waals surface area contributed by atoms with Crippen LogP contribution in [0.5, 0.6) is 0 Å². The van der Waals surface area contributed by atoms with E-state index < -0.39 is 5.54 Å². The van der Waals surface area contributed by atoms with E-state index in [9.17, 15) is 9.59 Å². The second kappa shape index (κ2) is 11.4. The zero-order valence-corrected chi connectivity index (χ0v) is 22.2. The predicted octanol–water partition coefficient (Wildman–Crippen LogP) is 5.50. The molecule has 3 rings (SSSR count). The molecule has 1 fully saturated rings. The van der Waals surface area contributed by atoms with Crippen molar-refractivity contribution < 1.29 is 14.1 Å². The van der Waals surface area contributed by atoms with Crippen LogP contribution >= 0.6 is 0 Å². The van der Waals surface area contributed by atoms with Gasteiger partial charge in [0.25, 0.3) is 0 Å². The average Bonchev–Trinajstić information content (AvgIpc) is 3.15. The number of nitrogens with zero attached hydrogens (tertiary/aromatic N) is 2. The minimum absolute atomic E-state index is 0.0469. The maximum atomic E-state index is 12.8. The predicted molar refractivity (Wildman–Crippen MR) is 137 cm³/mol. The van der Waals surface area contributed by atoms with Crippen LogP contribution in [0.4, 0.5) is 0 Å². The van der Waals surface area contributed by atoms with Crippen LogP contribution in [0.3, 0.4) is 0 Å². The highest BCUT2D eigenvalue weighted by atomic mass is 16.5. The molecule has 0 radical (unpaired) electrons. The number of aromatic nitrogens is 2. The summed E-state index contributed by atoms with van der Waals surface area (Å²) in [7, 11) is 0. The fraction of sp³-hybridized carbons (Fsp3) is 0.643. The Hall–Kier alpha value is -2.70. The van der Waals surface area contributed by atoms with Gasteiger partial charge in [0.1, 0.15) is 5.54 Å². The smallest absolute Gasteiger partial charge is 0.227 e. The van der Waals surface area contributed by atoms with E-state index in [1.807, 2.05) is 0 Å². The van der Waals surface area contributed by atoms with Gasteiger partial charge in [0.15, 0.2) is 5.82 Å². The van der Waals surface area contributed by atoms with Crippen molar-refractivity contribution in [1.29, 1.82) is 0 Å². The Morgan fingerprint density at radius 3 is 2.23 bits per heavy atom. The van der Waals surface area contributed by atoms with Gasteiger partial charge in [-0.3, -0.25) is 9.59 Å². The van der Waals surface area contributed by atoms with Crippen molar-refractivity contribution in [3.63, 3.8) is 0 Å². The Morgan fingerprint density at radius 2 is 1.69 bits per heavy atom. The van der Waals surface area contributed by atoms with Gasteiger partial charge in [-0.15, -0.1) is 0 Å². The van der Waals surface area contributed by atoms with E-state index in [-0.39, 0.29) is 35.6 Å². The molecule has 1 atom stereocenters. The summed E-state index contributed by atoms with van der Waals surface area (Å²) in [5.74, 6) is 1.08. The summed E-state index contributed by atoms with van der Waals surface area (Å²) in [6, 6.07) is 8.46. The summed E-state index contributed by atoms with van der Waals surface area (Å²) in [6.07, 6.45) is 6.54. The van der Waals surface area contributed by atoms with Crippen LogP contribution in [0.2, 0.25) is 0 Å². The Kier molecular flexibility index (Phi) is 8.73. The molecular weight excluding hydrogens is 440 g/mol. The first-order chi connectivity index (χ1) is 16.5. The normalized spacial score (nSPS) is 17.0. The number of rotatable bonds is 8. The summed E-state index contributed by atoms with van der Waals surface area (Å²) >= 11 is 0. The number of hydrogen-bond acceptors (Lipinski definition) is 5. The van der Waals surface area contributed by atoms with Crippen molar-refractivity contribution in [2.75, 3.05) is 0 Å². The standard InChI is InChI=1S/C28H42N4O3/c1-19(2)25(21-11-13-22(14-12-21)27(4,5)6)29-23(34)15-16-24-30-26(32-35-24)28(31-20(3)33)17-9-7-8-10-18-28/h11-14,19,25H,7-10,15-18H2,1-6H3,(H,29,34)(H,31,33). The highest BCUT2D eigenvalue weighted by Crippen LogP contribution is 2.34. The lowest BCUT2D eigenvalue weighted by atomic mass is 9.85. The van der Waals surface area contributed by atoms with Gasteiger partial charge in [-0.05, 0) is 35.3 Å². The van der Waals surface area contributed by atoms with Gasteiger partial charge < -0.3 is 15.2 Å². The summed E-state index contributed by atoms with van der Waals surface area (Å²) in [5.41, 5.74) is 1.89. The number of hydrogen-bond donors (Lipinski definition) is 2. The lowest BCUT2D eigenvalue weighted by Gasteiger charge is -2.30. The minimum Gasteiger partial charge on any atom is -0.349 e. The van der Waals surface area contributed by atoms with Crippen molar-refractivity contribution in [3.05, 3.63) is 47.1 Å². The number of carbonyl (C=O) groups excluding carboxylic acids is 2. The van der Waals surface area contributed by atoms with Crippen LogP contribution in [-0.4, -0.2) is 22.0 Å². The first-order valence-corrected chi connectivity index (χ1v) is 13.0. The second-order valence-corrected chi connectivity index (χ2v) is 11.4. The first kappa shape index (κ1) is 26.9. The highest BCUT2D eigenvalue weighted by molar-refractivity contribution is 5.76. The van der Waals surface area contributed by atoms with Gasteiger partial charge >= 0.3 is 0 Å². The van der Waals surface area contributed by atoms with E-state index in [2.05, 4.69) is 79.7 Å². The molecule has 2 aromatic rings. The second-order valence-electron chi connectivity index (χ2n) is 11.4. The number of amides is 2. The van der Waals surface area contributed by atoms with Gasteiger partial charge in [-0.1, -0.05) is 89.7 Å². The zero-order valence-electron chi connectivity index (χ0n) is 22.2. The van der Waals surface area contributed by atoms with Crippen LogP contribution in [0.25, 0.3) is 0 Å². The fourth-order valence-electron chi connectivity index (χ4n) is 4.92. The monoisotopic (exact) mass is 482 g/mol. The van der Waals surface area contributed by atoms with E-state index in [1.165, 1.54) is 12.5 Å². The molecule has 192 valence electrons. The van der Waals surface area contributed by atoms with Crippen LogP contribution in [0.15, 0.2) is 28.8 Å². The Labute approximate surface area is 209 Å². The molecule has 2 amide bonds. The summed E-state index contributed by atoms with van der Waals surface area (Å²) in [6.45, 7) is 12.3. The molecule has 7 heteroatoms. The van der Waals surface area contributed by atoms with Crippen molar-refractivity contribution in [1.82, 2.24) is 20.8 Å². The molecule has 1 unspecified atom stereocenters. The fourth-order valence-corrected chi connectivity index (χ4v) is 4.92. The van der Waals surface area contributed by atoms with E-state index >= 15 is 0 Å². The molecule has 0 saturated heterocycles. The molecule has 1 saturated carbocycles. The molecule has 1 aliphatic rings. The van der Waals surface area contributed by atoms with Gasteiger partial charge in [-0.25, -0.2) is 0 Å². The third kappa shape index (κ3) is 7.15. The summed E-state index contributed by atoms with van der Waals surface area (Å²) in [5, 5.41) is 10.5. The maximum Gasteiger partial charge on any atom is 0.227 e. The minimum atomic E-state index is -0.575. The van der Waals surface area contributed by atoms with E-state index in [0.29, 0.717) is 18.1 Å². The van der Waals surface area contributed by atoms with Crippen LogP contribution in [-0.2, 0) is 27.0 Å². The van der Waals surface area contributed by atoms with Gasteiger partial charge in [0, 0.05) is 19.8 Å². The van der Waals surface area contributed by atoms with Crippen LogP contribution in [0.1, 0.15) is 115 Å². The highest BCUT2D eigenvalue weighted by Gasteiger charge is 2.38. The average molecular weight is 483 g/mol. The summed E-state index contributed by atoms with van der Waals surface area (Å²) < 4.78 is 5.51. The molecule has 1 aromatic carbocycles. The first-order valence-electron chi connectivity index (χ1n) is 13.0. The molecular formula is C28H42N4O3. The Bertz CT molecular complexity index is 980. The van der Waals surface area contributed by atoms with Gasteiger partial charge in [0.05, 0.1) is 6.04 Å². The lowest BCUT2D eigenvalue weighted by Crippen LogP contribution is -2.45. The van der Waals surface area contributed by atoms with Crippen molar-refractivity contribution in [2.24, 2.45) is 5.92 Å². The van der Waals surface area contributed by atoms with Crippen LogP contribution in [0, 0.1) is 5.92 Å². The quantitative estimate of drug-likeness (QED) is 0.484. The third-order valence-corrected chi connectivity index (χ3v) is 6.95. The van der Waals surface area contributed by atoms with Gasteiger partial charge in [-0.2, -0.15) is 4.98 Å². The van der Waals surface area contributed by atoms with Gasteiger partial charge in [0.2, 0.25) is 17.7 Å². The molecule has 2 N–H and O–H groups in total. The number of nitrogens with one attached hydrogen (secondary N) is 2. The molecule has 0 aliphatic heterocycles. The van der Waals surface area contributed by atoms with E-state index in [4.69, 9.17) is 4.52 Å². The third-order valence-electron chi connectivity index (χ3n) is 6.95. The molecule has 0 spiro atoms. The molecule has 1 aromatic heterocycles. The van der Waals surface area contributed by atoms with Crippen molar-refractivity contribution in [2.45, 2.75) is 110 Å². The Balaban J connectivity index is 1.64. The van der Waals surface area contributed by atoms with Crippen molar-refractivity contribution >= 4 is 11.8 Å². The van der Waals surface area contributed by atoms with E-state index in [1.54, 1.807) is 0 Å². The lowest BCUT2D eigenvalue weighted by molar-refractivity contribution is -0.122. The number of aryl methyl sites for hydroxylation is 1.